The number of ether oxygens (including phenoxy) is 2. The molecular weight excluding hydrogens is 264 g/mol. The molecule has 0 saturated carbocycles. The fourth-order valence-corrected chi connectivity index (χ4v) is 1.60. The minimum absolute atomic E-state index is 0.0301. The summed E-state index contributed by atoms with van der Waals surface area (Å²) in [4.78, 5) is 0. The summed E-state index contributed by atoms with van der Waals surface area (Å²) >= 11 is 0. The smallest absolute Gasteiger partial charge is 0.190 e. The molecule has 0 fully saturated rings. The van der Waals surface area contributed by atoms with Crippen LogP contribution in [0.4, 0.5) is 8.78 Å². The van der Waals surface area contributed by atoms with Crippen LogP contribution >= 0.6 is 0 Å². The zero-order chi connectivity index (χ0) is 14.4. The van der Waals surface area contributed by atoms with Crippen molar-refractivity contribution in [3.8, 4) is 17.6 Å². The molecule has 0 heterocycles. The van der Waals surface area contributed by atoms with Crippen molar-refractivity contribution in [2.75, 3.05) is 13.2 Å². The monoisotopic (exact) mass is 275 g/mol. The first-order valence-electron chi connectivity index (χ1n) is 5.91. The highest BCUT2D eigenvalue weighted by molar-refractivity contribution is 5.42. The third kappa shape index (κ3) is 3.23. The van der Waals surface area contributed by atoms with E-state index in [2.05, 4.69) is 0 Å². The number of benzene rings is 2. The van der Waals surface area contributed by atoms with Crippen LogP contribution < -0.4 is 9.47 Å². The van der Waals surface area contributed by atoms with Gasteiger partial charge in [-0.15, -0.1) is 0 Å². The number of para-hydroxylation sites is 2. The number of rotatable bonds is 5. The molecule has 5 heteroatoms. The zero-order valence-corrected chi connectivity index (χ0v) is 10.5. The van der Waals surface area contributed by atoms with Crippen LogP contribution in [0.1, 0.15) is 5.56 Å². The second-order valence-corrected chi connectivity index (χ2v) is 3.86. The molecule has 0 bridgehead atoms. The van der Waals surface area contributed by atoms with Gasteiger partial charge in [0.25, 0.3) is 0 Å². The average molecular weight is 275 g/mol. The first-order chi connectivity index (χ1) is 9.72. The van der Waals surface area contributed by atoms with E-state index in [4.69, 9.17) is 14.7 Å². The molecule has 0 aliphatic carbocycles. The molecule has 0 unspecified atom stereocenters. The van der Waals surface area contributed by atoms with Gasteiger partial charge in [0, 0.05) is 0 Å². The Bertz CT molecular complexity index is 618. The highest BCUT2D eigenvalue weighted by atomic mass is 19.1. The minimum atomic E-state index is -0.762. The normalized spacial score (nSPS) is 9.85. The van der Waals surface area contributed by atoms with E-state index in [1.807, 2.05) is 6.07 Å². The van der Waals surface area contributed by atoms with Gasteiger partial charge in [-0.05, 0) is 24.3 Å². The van der Waals surface area contributed by atoms with Gasteiger partial charge in [-0.3, -0.25) is 0 Å². The lowest BCUT2D eigenvalue weighted by Gasteiger charge is -2.10. The Morgan fingerprint density at radius 1 is 0.900 bits per heavy atom. The molecule has 0 radical (unpaired) electrons. The Morgan fingerprint density at radius 2 is 1.55 bits per heavy atom. The van der Waals surface area contributed by atoms with E-state index in [1.54, 1.807) is 24.3 Å². The number of hydrogen-bond acceptors (Lipinski definition) is 3. The molecule has 2 aromatic carbocycles. The highest BCUT2D eigenvalue weighted by Crippen LogP contribution is 2.21. The molecule has 2 aromatic rings. The van der Waals surface area contributed by atoms with Crippen molar-refractivity contribution in [3.05, 3.63) is 59.7 Å². The number of nitriles is 1. The molecule has 0 aliphatic heterocycles. The van der Waals surface area contributed by atoms with Gasteiger partial charge in [-0.2, -0.15) is 5.26 Å². The Hall–Kier alpha value is -2.61. The highest BCUT2D eigenvalue weighted by Gasteiger charge is 2.09. The molecule has 0 amide bonds. The van der Waals surface area contributed by atoms with Crippen LogP contribution in [0.15, 0.2) is 42.5 Å². The van der Waals surface area contributed by atoms with Crippen LogP contribution in [0, 0.1) is 23.0 Å². The summed E-state index contributed by atoms with van der Waals surface area (Å²) < 4.78 is 36.9. The van der Waals surface area contributed by atoms with E-state index in [1.165, 1.54) is 6.07 Å². The Balaban J connectivity index is 1.90. The summed E-state index contributed by atoms with van der Waals surface area (Å²) in [6.45, 7) is 0.0457. The lowest BCUT2D eigenvalue weighted by atomic mass is 10.2. The van der Waals surface area contributed by atoms with Crippen molar-refractivity contribution < 1.29 is 18.3 Å². The molecule has 0 aromatic heterocycles. The lowest BCUT2D eigenvalue weighted by molar-refractivity contribution is 0.205. The summed E-state index contributed by atoms with van der Waals surface area (Å²) in [5, 5.41) is 8.87. The van der Waals surface area contributed by atoms with Crippen molar-refractivity contribution >= 4 is 0 Å². The fraction of sp³-hybridized carbons (Fsp3) is 0.133. The zero-order valence-electron chi connectivity index (χ0n) is 10.5. The van der Waals surface area contributed by atoms with E-state index in [0.717, 1.165) is 12.1 Å². The Labute approximate surface area is 115 Å². The molecule has 20 heavy (non-hydrogen) atoms. The summed E-state index contributed by atoms with van der Waals surface area (Å²) in [7, 11) is 0. The van der Waals surface area contributed by atoms with Gasteiger partial charge in [0.1, 0.15) is 25.0 Å². The number of halogens is 2. The van der Waals surface area contributed by atoms with E-state index < -0.39 is 17.4 Å². The first kappa shape index (κ1) is 13.8. The van der Waals surface area contributed by atoms with Gasteiger partial charge >= 0.3 is 0 Å². The van der Waals surface area contributed by atoms with Crippen molar-refractivity contribution in [1.82, 2.24) is 0 Å². The van der Waals surface area contributed by atoms with Gasteiger partial charge in [-0.1, -0.05) is 18.2 Å². The van der Waals surface area contributed by atoms with Gasteiger partial charge < -0.3 is 9.47 Å². The minimum Gasteiger partial charge on any atom is -0.489 e. The van der Waals surface area contributed by atoms with Gasteiger partial charge in [0.15, 0.2) is 17.4 Å². The standard InChI is InChI=1S/C15H11F2NO2/c16-12-5-3-6-13(17)15(12)20-9-8-19-14-7-2-1-4-11(14)10-18/h1-7H,8-9H2. The second kappa shape index (κ2) is 6.53. The van der Waals surface area contributed by atoms with Gasteiger partial charge in [0.05, 0.1) is 5.56 Å². The van der Waals surface area contributed by atoms with Crippen molar-refractivity contribution in [2.45, 2.75) is 0 Å². The van der Waals surface area contributed by atoms with Crippen LogP contribution in [-0.4, -0.2) is 13.2 Å². The molecule has 0 atom stereocenters. The first-order valence-corrected chi connectivity index (χ1v) is 5.91. The van der Waals surface area contributed by atoms with Gasteiger partial charge in [0.2, 0.25) is 0 Å². The van der Waals surface area contributed by atoms with Crippen molar-refractivity contribution in [2.24, 2.45) is 0 Å². The summed E-state index contributed by atoms with van der Waals surface area (Å²) in [6.07, 6.45) is 0. The number of nitrogens with zero attached hydrogens (tertiary/aromatic N) is 1. The maximum atomic E-state index is 13.3. The van der Waals surface area contributed by atoms with E-state index in [9.17, 15) is 8.78 Å². The summed E-state index contributed by atoms with van der Waals surface area (Å²) in [5.74, 6) is -1.54. The summed E-state index contributed by atoms with van der Waals surface area (Å²) in [6, 6.07) is 12.2. The molecular formula is C15H11F2NO2. The fourth-order valence-electron chi connectivity index (χ4n) is 1.60. The topological polar surface area (TPSA) is 42.2 Å². The van der Waals surface area contributed by atoms with Crippen LogP contribution in [0.2, 0.25) is 0 Å². The van der Waals surface area contributed by atoms with Gasteiger partial charge in [-0.25, -0.2) is 8.78 Å². The van der Waals surface area contributed by atoms with Crippen LogP contribution in [0.25, 0.3) is 0 Å². The third-order valence-electron chi connectivity index (χ3n) is 2.51. The lowest BCUT2D eigenvalue weighted by Crippen LogP contribution is -2.11. The van der Waals surface area contributed by atoms with Crippen molar-refractivity contribution in [3.63, 3.8) is 0 Å². The maximum Gasteiger partial charge on any atom is 0.190 e. The van der Waals surface area contributed by atoms with Crippen molar-refractivity contribution in [1.29, 1.82) is 5.26 Å². The largest absolute Gasteiger partial charge is 0.489 e. The van der Waals surface area contributed by atoms with E-state index >= 15 is 0 Å². The van der Waals surface area contributed by atoms with E-state index in [0.29, 0.717) is 11.3 Å². The summed E-state index contributed by atoms with van der Waals surface area (Å²) in [5.41, 5.74) is 0.393. The predicted octanol–water partition coefficient (Wildman–Crippen LogP) is 3.29. The second-order valence-electron chi connectivity index (χ2n) is 3.86. The Kier molecular flexibility index (Phi) is 4.51. The van der Waals surface area contributed by atoms with Crippen LogP contribution in [0.3, 0.4) is 0 Å². The molecule has 0 saturated heterocycles. The molecule has 102 valence electrons. The molecule has 3 nitrogen and oxygen atoms in total. The molecule has 0 N–H and O–H groups in total. The van der Waals surface area contributed by atoms with E-state index in [-0.39, 0.29) is 13.2 Å². The molecule has 0 aliphatic rings. The quantitative estimate of drug-likeness (QED) is 0.786. The molecule has 0 spiro atoms. The Morgan fingerprint density at radius 3 is 2.25 bits per heavy atom. The third-order valence-corrected chi connectivity index (χ3v) is 2.51. The molecule has 2 rings (SSSR count). The predicted molar refractivity (Wildman–Crippen MR) is 68.5 cm³/mol. The number of hydrogen-bond donors (Lipinski definition) is 0. The average Bonchev–Trinajstić information content (AvgIpc) is 2.46. The van der Waals surface area contributed by atoms with Crippen LogP contribution in [-0.2, 0) is 0 Å². The SMILES string of the molecule is N#Cc1ccccc1OCCOc1c(F)cccc1F. The maximum absolute atomic E-state index is 13.3. The van der Waals surface area contributed by atoms with Crippen LogP contribution in [0.5, 0.6) is 11.5 Å².